The summed E-state index contributed by atoms with van der Waals surface area (Å²) < 4.78 is 39.2. The first kappa shape index (κ1) is 19.7. The highest BCUT2D eigenvalue weighted by Gasteiger charge is 2.28. The van der Waals surface area contributed by atoms with Gasteiger partial charge in [-0.3, -0.25) is 4.90 Å². The van der Waals surface area contributed by atoms with E-state index in [1.165, 1.54) is 7.11 Å². The fourth-order valence-electron chi connectivity index (χ4n) is 3.54. The predicted octanol–water partition coefficient (Wildman–Crippen LogP) is 2.82. The first-order valence-electron chi connectivity index (χ1n) is 9.06. The molecule has 1 fully saturated rings. The van der Waals surface area contributed by atoms with Crippen LogP contribution in [-0.2, 0) is 10.0 Å². The average molecular weight is 391 g/mol. The number of methoxy groups -OCH3 is 2. The minimum Gasteiger partial charge on any atom is -0.496 e. The molecule has 0 aromatic heterocycles. The van der Waals surface area contributed by atoms with Crippen molar-refractivity contribution in [2.45, 2.75) is 23.8 Å². The highest BCUT2D eigenvalue weighted by molar-refractivity contribution is 7.89. The van der Waals surface area contributed by atoms with Gasteiger partial charge in [-0.25, -0.2) is 13.1 Å². The first-order valence-corrected chi connectivity index (χ1v) is 10.5. The fraction of sp³-hybridized carbons (Fsp3) is 0.400. The second kappa shape index (κ2) is 8.73. The molecule has 2 aromatic rings. The summed E-state index contributed by atoms with van der Waals surface area (Å²) in [5.41, 5.74) is 0.990. The molecule has 1 atom stereocenters. The number of benzene rings is 2. The lowest BCUT2D eigenvalue weighted by atomic mass is 10.0. The van der Waals surface area contributed by atoms with Crippen LogP contribution < -0.4 is 14.2 Å². The van der Waals surface area contributed by atoms with Crippen LogP contribution in [0.2, 0.25) is 0 Å². The van der Waals surface area contributed by atoms with E-state index < -0.39 is 10.0 Å². The highest BCUT2D eigenvalue weighted by atomic mass is 32.2. The van der Waals surface area contributed by atoms with E-state index >= 15 is 0 Å². The zero-order chi connectivity index (χ0) is 19.3. The Balaban J connectivity index is 1.86. The van der Waals surface area contributed by atoms with Crippen LogP contribution in [0.5, 0.6) is 11.5 Å². The third-order valence-corrected chi connectivity index (χ3v) is 6.37. The maximum absolute atomic E-state index is 12.9. The van der Waals surface area contributed by atoms with E-state index in [0.717, 1.165) is 37.2 Å². The van der Waals surface area contributed by atoms with Gasteiger partial charge in [-0.2, -0.15) is 0 Å². The molecule has 0 aliphatic carbocycles. The summed E-state index contributed by atoms with van der Waals surface area (Å²) in [4.78, 5) is 2.45. The number of nitrogens with zero attached hydrogens (tertiary/aromatic N) is 1. The van der Waals surface area contributed by atoms with E-state index in [2.05, 4.69) is 9.62 Å². The number of para-hydroxylation sites is 2. The van der Waals surface area contributed by atoms with E-state index in [9.17, 15) is 8.42 Å². The summed E-state index contributed by atoms with van der Waals surface area (Å²) in [5.74, 6) is 1.10. The molecule has 7 heteroatoms. The summed E-state index contributed by atoms with van der Waals surface area (Å²) in [6.45, 7) is 2.15. The summed E-state index contributed by atoms with van der Waals surface area (Å²) in [6, 6.07) is 14.3. The number of hydrogen-bond donors (Lipinski definition) is 1. The van der Waals surface area contributed by atoms with Crippen molar-refractivity contribution in [1.82, 2.24) is 9.62 Å². The van der Waals surface area contributed by atoms with Crippen LogP contribution in [0.4, 0.5) is 0 Å². The molecule has 0 radical (unpaired) electrons. The molecule has 0 spiro atoms. The number of hydrogen-bond acceptors (Lipinski definition) is 5. The van der Waals surface area contributed by atoms with Gasteiger partial charge in [0, 0.05) is 12.1 Å². The standard InChI is InChI=1S/C20H26N2O4S/c1-25-18-10-4-3-9-16(18)17(22-13-7-8-14-22)15-21-27(23,24)20-12-6-5-11-19(20)26-2/h3-6,9-12,17,21H,7-8,13-15H2,1-2H3. The number of likely N-dealkylation sites (tertiary alicyclic amines) is 1. The molecule has 6 nitrogen and oxygen atoms in total. The molecule has 2 aromatic carbocycles. The molecule has 0 saturated carbocycles. The van der Waals surface area contributed by atoms with Gasteiger partial charge in [0.05, 0.1) is 20.3 Å². The van der Waals surface area contributed by atoms with Gasteiger partial charge in [0.25, 0.3) is 0 Å². The molecule has 3 rings (SSSR count). The minimum atomic E-state index is -3.70. The lowest BCUT2D eigenvalue weighted by Crippen LogP contribution is -2.37. The predicted molar refractivity (Wildman–Crippen MR) is 105 cm³/mol. The summed E-state index contributed by atoms with van der Waals surface area (Å²) in [7, 11) is -0.591. The van der Waals surface area contributed by atoms with Gasteiger partial charge in [-0.05, 0) is 44.1 Å². The molecule has 0 bridgehead atoms. The van der Waals surface area contributed by atoms with Gasteiger partial charge in [-0.15, -0.1) is 0 Å². The Morgan fingerprint density at radius 2 is 1.56 bits per heavy atom. The van der Waals surface area contributed by atoms with Crippen LogP contribution >= 0.6 is 0 Å². The summed E-state index contributed by atoms with van der Waals surface area (Å²) in [6.07, 6.45) is 2.23. The molecular formula is C20H26N2O4S. The van der Waals surface area contributed by atoms with Crippen LogP contribution in [0.15, 0.2) is 53.4 Å². The molecule has 1 saturated heterocycles. The zero-order valence-corrected chi connectivity index (χ0v) is 16.5. The smallest absolute Gasteiger partial charge is 0.244 e. The molecule has 1 heterocycles. The maximum atomic E-state index is 12.9. The Labute approximate surface area is 161 Å². The van der Waals surface area contributed by atoms with Gasteiger partial charge in [0.2, 0.25) is 10.0 Å². The van der Waals surface area contributed by atoms with E-state index in [-0.39, 0.29) is 17.5 Å². The Morgan fingerprint density at radius 3 is 2.22 bits per heavy atom. The van der Waals surface area contributed by atoms with Crippen molar-refractivity contribution >= 4 is 10.0 Å². The van der Waals surface area contributed by atoms with Crippen molar-refractivity contribution < 1.29 is 17.9 Å². The molecule has 0 amide bonds. The fourth-order valence-corrected chi connectivity index (χ4v) is 4.74. The molecule has 1 aliphatic heterocycles. The normalized spacial score (nSPS) is 16.2. The number of sulfonamides is 1. The first-order chi connectivity index (χ1) is 13.1. The average Bonchev–Trinajstić information content (AvgIpc) is 3.23. The zero-order valence-electron chi connectivity index (χ0n) is 15.7. The largest absolute Gasteiger partial charge is 0.496 e. The molecule has 1 N–H and O–H groups in total. The van der Waals surface area contributed by atoms with Crippen molar-refractivity contribution in [2.24, 2.45) is 0 Å². The summed E-state index contributed by atoms with van der Waals surface area (Å²) in [5, 5.41) is 0. The molecular weight excluding hydrogens is 364 g/mol. The van der Waals surface area contributed by atoms with Gasteiger partial charge < -0.3 is 9.47 Å². The molecule has 1 unspecified atom stereocenters. The second-order valence-corrected chi connectivity index (χ2v) is 8.24. The third kappa shape index (κ3) is 4.43. The van der Waals surface area contributed by atoms with Crippen molar-refractivity contribution in [1.29, 1.82) is 0 Å². The number of ether oxygens (including phenoxy) is 2. The van der Waals surface area contributed by atoms with Crippen LogP contribution in [-0.4, -0.2) is 47.2 Å². The number of nitrogens with one attached hydrogen (secondary N) is 1. The van der Waals surface area contributed by atoms with Gasteiger partial charge in [-0.1, -0.05) is 30.3 Å². The monoisotopic (exact) mass is 390 g/mol. The van der Waals surface area contributed by atoms with Crippen molar-refractivity contribution in [3.8, 4) is 11.5 Å². The Bertz CT molecular complexity index is 864. The lowest BCUT2D eigenvalue weighted by molar-refractivity contribution is 0.240. The van der Waals surface area contributed by atoms with Crippen LogP contribution in [0, 0.1) is 0 Å². The summed E-state index contributed by atoms with van der Waals surface area (Å²) >= 11 is 0. The topological polar surface area (TPSA) is 67.9 Å². The van der Waals surface area contributed by atoms with Gasteiger partial charge >= 0.3 is 0 Å². The Morgan fingerprint density at radius 1 is 0.963 bits per heavy atom. The maximum Gasteiger partial charge on any atom is 0.244 e. The lowest BCUT2D eigenvalue weighted by Gasteiger charge is -2.29. The van der Waals surface area contributed by atoms with Gasteiger partial charge in [0.15, 0.2) is 0 Å². The third-order valence-electron chi connectivity index (χ3n) is 4.90. The molecule has 1 aliphatic rings. The SMILES string of the molecule is COc1ccccc1C(CNS(=O)(=O)c1ccccc1OC)N1CCCC1. The minimum absolute atomic E-state index is 0.0897. The highest BCUT2D eigenvalue weighted by Crippen LogP contribution is 2.32. The van der Waals surface area contributed by atoms with Crippen molar-refractivity contribution in [3.05, 3.63) is 54.1 Å². The Hall–Kier alpha value is -2.09. The van der Waals surface area contributed by atoms with Gasteiger partial charge in [0.1, 0.15) is 16.4 Å². The Kier molecular flexibility index (Phi) is 6.36. The quantitative estimate of drug-likeness (QED) is 0.751. The van der Waals surface area contributed by atoms with E-state index in [4.69, 9.17) is 9.47 Å². The molecule has 27 heavy (non-hydrogen) atoms. The van der Waals surface area contributed by atoms with Crippen LogP contribution in [0.25, 0.3) is 0 Å². The van der Waals surface area contributed by atoms with Crippen LogP contribution in [0.3, 0.4) is 0 Å². The van der Waals surface area contributed by atoms with Crippen molar-refractivity contribution in [2.75, 3.05) is 33.9 Å². The van der Waals surface area contributed by atoms with E-state index in [0.29, 0.717) is 5.75 Å². The van der Waals surface area contributed by atoms with E-state index in [1.807, 2.05) is 24.3 Å². The van der Waals surface area contributed by atoms with E-state index in [1.54, 1.807) is 31.4 Å². The second-order valence-electron chi connectivity index (χ2n) is 6.50. The van der Waals surface area contributed by atoms with Crippen molar-refractivity contribution in [3.63, 3.8) is 0 Å². The molecule has 146 valence electrons. The van der Waals surface area contributed by atoms with Crippen LogP contribution in [0.1, 0.15) is 24.4 Å². The number of rotatable bonds is 8.